The van der Waals surface area contributed by atoms with Gasteiger partial charge in [-0.2, -0.15) is 0 Å². The van der Waals surface area contributed by atoms with Crippen molar-refractivity contribution in [1.82, 2.24) is 9.97 Å². The van der Waals surface area contributed by atoms with E-state index in [0.29, 0.717) is 0 Å². The van der Waals surface area contributed by atoms with Gasteiger partial charge in [0.25, 0.3) is 0 Å². The number of hydrogen-bond acceptors (Lipinski definition) is 6. The summed E-state index contributed by atoms with van der Waals surface area (Å²) in [6.45, 7) is 0. The summed E-state index contributed by atoms with van der Waals surface area (Å²) in [5, 5.41) is 27.2. The van der Waals surface area contributed by atoms with Crippen molar-refractivity contribution >= 4 is 40.9 Å². The third-order valence-electron chi connectivity index (χ3n) is 1.86. The van der Waals surface area contributed by atoms with Gasteiger partial charge in [-0.1, -0.05) is 35.0 Å². The average molecular weight is 299 g/mol. The molecule has 1 aromatic heterocycles. The van der Waals surface area contributed by atoms with Crippen molar-refractivity contribution in [2.75, 3.05) is 6.26 Å². The SMILES string of the molecule is CSc1nc(Cl)c(C(O)C(O)C(=O)O)c(Cl)n1. The number of hydrogen-bond donors (Lipinski definition) is 3. The molecule has 1 aromatic rings. The van der Waals surface area contributed by atoms with E-state index in [2.05, 4.69) is 9.97 Å². The predicted molar refractivity (Wildman–Crippen MR) is 62.4 cm³/mol. The standard InChI is InChI=1S/C8H8Cl2N2O4S/c1-17-8-11-5(9)2(6(10)12-8)3(13)4(14)7(15)16/h3-4,13-14H,1H3,(H,15,16). The molecular formula is C8H8Cl2N2O4S. The maximum Gasteiger partial charge on any atom is 0.335 e. The lowest BCUT2D eigenvalue weighted by Gasteiger charge is -2.16. The molecule has 0 amide bonds. The zero-order valence-electron chi connectivity index (χ0n) is 8.46. The Morgan fingerprint density at radius 2 is 1.76 bits per heavy atom. The zero-order valence-corrected chi connectivity index (χ0v) is 10.8. The van der Waals surface area contributed by atoms with Crippen LogP contribution in [0.1, 0.15) is 11.7 Å². The molecule has 0 saturated heterocycles. The molecule has 1 rings (SSSR count). The lowest BCUT2D eigenvalue weighted by Crippen LogP contribution is -2.28. The Morgan fingerprint density at radius 3 is 2.12 bits per heavy atom. The minimum absolute atomic E-state index is 0.192. The summed E-state index contributed by atoms with van der Waals surface area (Å²) in [5.41, 5.74) is -0.207. The fraction of sp³-hybridized carbons (Fsp3) is 0.375. The van der Waals surface area contributed by atoms with Crippen LogP contribution < -0.4 is 0 Å². The highest BCUT2D eigenvalue weighted by Crippen LogP contribution is 2.31. The van der Waals surface area contributed by atoms with Crippen molar-refractivity contribution in [2.45, 2.75) is 17.4 Å². The van der Waals surface area contributed by atoms with E-state index in [-0.39, 0.29) is 21.0 Å². The van der Waals surface area contributed by atoms with Crippen LogP contribution in [-0.2, 0) is 4.79 Å². The highest BCUT2D eigenvalue weighted by molar-refractivity contribution is 7.98. The molecule has 0 aliphatic heterocycles. The number of aliphatic hydroxyl groups excluding tert-OH is 2. The molecule has 0 aromatic carbocycles. The van der Waals surface area contributed by atoms with Crippen LogP contribution in [0.2, 0.25) is 10.3 Å². The molecule has 3 N–H and O–H groups in total. The Bertz CT molecular complexity index is 423. The summed E-state index contributed by atoms with van der Waals surface area (Å²) < 4.78 is 0. The largest absolute Gasteiger partial charge is 0.479 e. The van der Waals surface area contributed by atoms with Crippen molar-refractivity contribution in [2.24, 2.45) is 0 Å². The number of carbonyl (C=O) groups is 1. The molecule has 6 nitrogen and oxygen atoms in total. The Hall–Kier alpha value is -0.600. The lowest BCUT2D eigenvalue weighted by atomic mass is 10.1. The quantitative estimate of drug-likeness (QED) is 0.432. The van der Waals surface area contributed by atoms with E-state index in [4.69, 9.17) is 28.3 Å². The van der Waals surface area contributed by atoms with Gasteiger partial charge in [0, 0.05) is 0 Å². The second kappa shape index (κ2) is 5.83. The zero-order chi connectivity index (χ0) is 13.2. The van der Waals surface area contributed by atoms with Crippen LogP contribution in [0, 0.1) is 0 Å². The number of aliphatic carboxylic acids is 1. The number of carboxylic acids is 1. The Labute approximate surface area is 111 Å². The van der Waals surface area contributed by atoms with Gasteiger partial charge in [-0.15, -0.1) is 0 Å². The second-order valence-corrected chi connectivity index (χ2v) is 4.42. The first-order valence-electron chi connectivity index (χ1n) is 4.24. The van der Waals surface area contributed by atoms with Gasteiger partial charge >= 0.3 is 5.97 Å². The first-order chi connectivity index (χ1) is 7.88. The Kier molecular flexibility index (Phi) is 4.96. The molecule has 0 bridgehead atoms. The van der Waals surface area contributed by atoms with E-state index in [1.165, 1.54) is 11.8 Å². The van der Waals surface area contributed by atoms with Gasteiger partial charge in [0.1, 0.15) is 16.4 Å². The second-order valence-electron chi connectivity index (χ2n) is 2.93. The lowest BCUT2D eigenvalue weighted by molar-refractivity contribution is -0.153. The monoisotopic (exact) mass is 298 g/mol. The number of rotatable bonds is 4. The van der Waals surface area contributed by atoms with E-state index in [1.54, 1.807) is 6.26 Å². The molecule has 1 heterocycles. The minimum atomic E-state index is -2.05. The van der Waals surface area contributed by atoms with Gasteiger partial charge in [-0.3, -0.25) is 0 Å². The van der Waals surface area contributed by atoms with Crippen molar-refractivity contribution < 1.29 is 20.1 Å². The number of carboxylic acid groups (broad SMARTS) is 1. The van der Waals surface area contributed by atoms with Gasteiger partial charge in [-0.05, 0) is 6.26 Å². The number of nitrogens with zero attached hydrogens (tertiary/aromatic N) is 2. The number of thioether (sulfide) groups is 1. The van der Waals surface area contributed by atoms with Crippen LogP contribution >= 0.6 is 35.0 Å². The first-order valence-corrected chi connectivity index (χ1v) is 6.22. The molecule has 2 atom stereocenters. The summed E-state index contributed by atoms with van der Waals surface area (Å²) in [7, 11) is 0. The van der Waals surface area contributed by atoms with Gasteiger partial charge < -0.3 is 15.3 Å². The predicted octanol–water partition coefficient (Wildman–Crippen LogP) is 0.984. The van der Waals surface area contributed by atoms with E-state index < -0.39 is 18.2 Å². The summed E-state index contributed by atoms with van der Waals surface area (Å²) in [6, 6.07) is 0. The van der Waals surface area contributed by atoms with Crippen LogP contribution in [0.4, 0.5) is 0 Å². The fourth-order valence-electron chi connectivity index (χ4n) is 1.03. The molecular weight excluding hydrogens is 291 g/mol. The number of halogens is 2. The fourth-order valence-corrected chi connectivity index (χ4v) is 2.10. The molecule has 0 fully saturated rings. The smallest absolute Gasteiger partial charge is 0.335 e. The molecule has 0 aliphatic rings. The third-order valence-corrected chi connectivity index (χ3v) is 2.99. The first kappa shape index (κ1) is 14.5. The summed E-state index contributed by atoms with van der Waals surface area (Å²) in [6.07, 6.45) is -2.14. The average Bonchev–Trinajstić information content (AvgIpc) is 2.26. The number of aromatic nitrogens is 2. The summed E-state index contributed by atoms with van der Waals surface area (Å²) >= 11 is 12.7. The highest BCUT2D eigenvalue weighted by atomic mass is 35.5. The molecule has 17 heavy (non-hydrogen) atoms. The van der Waals surface area contributed by atoms with Gasteiger partial charge in [-0.25, -0.2) is 14.8 Å². The van der Waals surface area contributed by atoms with Gasteiger partial charge in [0.05, 0.1) is 5.56 Å². The molecule has 0 radical (unpaired) electrons. The molecule has 0 spiro atoms. The molecule has 0 saturated carbocycles. The van der Waals surface area contributed by atoms with E-state index in [9.17, 15) is 15.0 Å². The maximum atomic E-state index is 10.5. The van der Waals surface area contributed by atoms with Gasteiger partial charge in [0.15, 0.2) is 11.3 Å². The topological polar surface area (TPSA) is 104 Å². The van der Waals surface area contributed by atoms with Crippen molar-refractivity contribution in [1.29, 1.82) is 0 Å². The molecule has 0 aliphatic carbocycles. The van der Waals surface area contributed by atoms with E-state index >= 15 is 0 Å². The molecule has 94 valence electrons. The van der Waals surface area contributed by atoms with E-state index in [1.807, 2.05) is 0 Å². The third kappa shape index (κ3) is 3.20. The summed E-state index contributed by atoms with van der Waals surface area (Å²) in [4.78, 5) is 18.1. The summed E-state index contributed by atoms with van der Waals surface area (Å²) in [5.74, 6) is -1.60. The van der Waals surface area contributed by atoms with Gasteiger partial charge in [0.2, 0.25) is 0 Å². The van der Waals surface area contributed by atoms with Crippen LogP contribution in [-0.4, -0.2) is 43.6 Å². The van der Waals surface area contributed by atoms with Crippen molar-refractivity contribution in [3.8, 4) is 0 Å². The van der Waals surface area contributed by atoms with Crippen molar-refractivity contribution in [3.05, 3.63) is 15.9 Å². The van der Waals surface area contributed by atoms with E-state index in [0.717, 1.165) is 0 Å². The van der Waals surface area contributed by atoms with Crippen LogP contribution in [0.15, 0.2) is 5.16 Å². The van der Waals surface area contributed by atoms with Crippen molar-refractivity contribution in [3.63, 3.8) is 0 Å². The normalized spacial score (nSPS) is 14.4. The molecule has 2 unspecified atom stereocenters. The molecule has 9 heteroatoms. The van der Waals surface area contributed by atoms with Crippen LogP contribution in [0.25, 0.3) is 0 Å². The van der Waals surface area contributed by atoms with Crippen LogP contribution in [0.5, 0.6) is 0 Å². The highest BCUT2D eigenvalue weighted by Gasteiger charge is 2.30. The van der Waals surface area contributed by atoms with Crippen LogP contribution in [0.3, 0.4) is 0 Å². The number of aliphatic hydroxyl groups is 2. The minimum Gasteiger partial charge on any atom is -0.479 e. The Balaban J connectivity index is 3.18. The maximum absolute atomic E-state index is 10.5. The Morgan fingerprint density at radius 1 is 1.29 bits per heavy atom.